The summed E-state index contributed by atoms with van der Waals surface area (Å²) in [6, 6.07) is 0. The molecule has 2 aromatic rings. The van der Waals surface area contributed by atoms with Gasteiger partial charge in [-0.15, -0.1) is 6.58 Å². The second-order valence-corrected chi connectivity index (χ2v) is 5.69. The fraction of sp³-hybridized carbons (Fsp3) is 0.562. The fourth-order valence-electron chi connectivity index (χ4n) is 2.83. The number of allylic oxidation sites excluding steroid dienone is 1. The number of hydrogen-bond donors (Lipinski definition) is 1. The molecule has 1 N–H and O–H groups in total. The summed E-state index contributed by atoms with van der Waals surface area (Å²) in [6.45, 7) is 11.1. The van der Waals surface area contributed by atoms with Gasteiger partial charge in [-0.25, -0.2) is 9.78 Å². The Kier molecular flexibility index (Phi) is 5.54. The molecule has 0 fully saturated rings. The number of aryl methyl sites for hydroxylation is 1. The molecule has 2 heterocycles. The zero-order valence-electron chi connectivity index (χ0n) is 14.1. The summed E-state index contributed by atoms with van der Waals surface area (Å²) in [5, 5.41) is 0. The number of aromatic nitrogens is 4. The van der Waals surface area contributed by atoms with Gasteiger partial charge in [0.15, 0.2) is 11.2 Å². The molecule has 23 heavy (non-hydrogen) atoms. The monoisotopic (exact) mass is 319 g/mol. The van der Waals surface area contributed by atoms with Crippen LogP contribution in [0.2, 0.25) is 0 Å². The molecule has 0 spiro atoms. The average molecular weight is 319 g/mol. The van der Waals surface area contributed by atoms with Crippen LogP contribution < -0.4 is 11.2 Å². The van der Waals surface area contributed by atoms with Crippen molar-refractivity contribution in [3.63, 3.8) is 0 Å². The predicted molar refractivity (Wildman–Crippen MR) is 91.7 cm³/mol. The van der Waals surface area contributed by atoms with E-state index in [1.165, 1.54) is 4.57 Å². The van der Waals surface area contributed by atoms with Gasteiger partial charge in [-0.2, -0.15) is 0 Å². The van der Waals surface area contributed by atoms with Crippen molar-refractivity contribution >= 4 is 11.2 Å². The Morgan fingerprint density at radius 1 is 1.26 bits per heavy atom. The van der Waals surface area contributed by atoms with Crippen LogP contribution in [0.25, 0.3) is 11.2 Å². The molecule has 7 heteroatoms. The van der Waals surface area contributed by atoms with Crippen LogP contribution >= 0.6 is 0 Å². The van der Waals surface area contributed by atoms with Gasteiger partial charge >= 0.3 is 5.69 Å². The molecule has 0 saturated heterocycles. The first-order valence-electron chi connectivity index (χ1n) is 8.05. The van der Waals surface area contributed by atoms with Gasteiger partial charge in [0.1, 0.15) is 5.82 Å². The third kappa shape index (κ3) is 3.44. The second-order valence-electron chi connectivity index (χ2n) is 5.69. The molecule has 0 radical (unpaired) electrons. The highest BCUT2D eigenvalue weighted by Gasteiger charge is 2.18. The van der Waals surface area contributed by atoms with E-state index >= 15 is 0 Å². The Balaban J connectivity index is 2.58. The highest BCUT2D eigenvalue weighted by Crippen LogP contribution is 2.13. The quantitative estimate of drug-likeness (QED) is 0.743. The molecule has 2 aromatic heterocycles. The topological polar surface area (TPSA) is 75.9 Å². The van der Waals surface area contributed by atoms with Gasteiger partial charge in [-0.1, -0.05) is 19.9 Å². The molecule has 0 saturated carbocycles. The summed E-state index contributed by atoms with van der Waals surface area (Å²) in [6.07, 6.45) is 3.85. The fourth-order valence-corrected chi connectivity index (χ4v) is 2.83. The number of aromatic amines is 1. The van der Waals surface area contributed by atoms with Gasteiger partial charge in [0.05, 0.1) is 6.54 Å². The summed E-state index contributed by atoms with van der Waals surface area (Å²) < 4.78 is 3.22. The second kappa shape index (κ2) is 7.41. The first-order chi connectivity index (χ1) is 11.0. The lowest BCUT2D eigenvalue weighted by molar-refractivity contribution is 0.257. The highest BCUT2D eigenvalue weighted by molar-refractivity contribution is 5.70. The SMILES string of the molecule is C=CCn1c(CN(CCC)CCC)nc2c1c(=O)[nH]c(=O)n2C. The van der Waals surface area contributed by atoms with Crippen molar-refractivity contribution < 1.29 is 0 Å². The van der Waals surface area contributed by atoms with E-state index < -0.39 is 11.2 Å². The van der Waals surface area contributed by atoms with Crippen LogP contribution in [0, 0.1) is 0 Å². The number of nitrogens with one attached hydrogen (secondary N) is 1. The predicted octanol–water partition coefficient (Wildman–Crippen LogP) is 1.23. The molecular weight excluding hydrogens is 294 g/mol. The molecule has 0 bridgehead atoms. The molecule has 7 nitrogen and oxygen atoms in total. The Hall–Kier alpha value is -2.15. The number of rotatable bonds is 8. The van der Waals surface area contributed by atoms with E-state index in [0.717, 1.165) is 31.8 Å². The van der Waals surface area contributed by atoms with Crippen molar-refractivity contribution in [3.8, 4) is 0 Å². The molecule has 0 aliphatic carbocycles. The van der Waals surface area contributed by atoms with Gasteiger partial charge in [-0.05, 0) is 25.9 Å². The number of imidazole rings is 1. The van der Waals surface area contributed by atoms with Crippen LogP contribution in [0.15, 0.2) is 22.2 Å². The van der Waals surface area contributed by atoms with Crippen LogP contribution in [-0.4, -0.2) is 37.1 Å². The van der Waals surface area contributed by atoms with Crippen LogP contribution in [0.4, 0.5) is 0 Å². The van der Waals surface area contributed by atoms with E-state index in [9.17, 15) is 9.59 Å². The Bertz CT molecular complexity index is 793. The maximum Gasteiger partial charge on any atom is 0.329 e. The first kappa shape index (κ1) is 17.2. The molecule has 2 rings (SSSR count). The van der Waals surface area contributed by atoms with E-state index in [-0.39, 0.29) is 0 Å². The Labute approximate surface area is 135 Å². The lowest BCUT2D eigenvalue weighted by Crippen LogP contribution is -2.29. The Morgan fingerprint density at radius 3 is 2.48 bits per heavy atom. The van der Waals surface area contributed by atoms with Crippen molar-refractivity contribution in [2.24, 2.45) is 7.05 Å². The van der Waals surface area contributed by atoms with Crippen molar-refractivity contribution in [3.05, 3.63) is 39.3 Å². The maximum absolute atomic E-state index is 12.2. The third-order valence-electron chi connectivity index (χ3n) is 3.84. The van der Waals surface area contributed by atoms with E-state index in [1.807, 2.05) is 4.57 Å². The summed E-state index contributed by atoms with van der Waals surface area (Å²) >= 11 is 0. The summed E-state index contributed by atoms with van der Waals surface area (Å²) in [5.41, 5.74) is -0.00370. The molecule has 0 aliphatic heterocycles. The normalized spacial score (nSPS) is 11.5. The van der Waals surface area contributed by atoms with Crippen LogP contribution in [-0.2, 0) is 20.1 Å². The Morgan fingerprint density at radius 2 is 1.91 bits per heavy atom. The highest BCUT2D eigenvalue weighted by atomic mass is 16.2. The largest absolute Gasteiger partial charge is 0.329 e. The van der Waals surface area contributed by atoms with Crippen molar-refractivity contribution in [2.45, 2.75) is 39.8 Å². The van der Waals surface area contributed by atoms with Crippen LogP contribution in [0.5, 0.6) is 0 Å². The van der Waals surface area contributed by atoms with E-state index in [0.29, 0.717) is 24.3 Å². The summed E-state index contributed by atoms with van der Waals surface area (Å²) in [4.78, 5) is 33.2. The molecule has 0 aliphatic rings. The van der Waals surface area contributed by atoms with Gasteiger partial charge in [0.2, 0.25) is 0 Å². The average Bonchev–Trinajstić information content (AvgIpc) is 2.85. The molecule has 0 amide bonds. The van der Waals surface area contributed by atoms with Crippen molar-refractivity contribution in [2.75, 3.05) is 13.1 Å². The van der Waals surface area contributed by atoms with Gasteiger partial charge < -0.3 is 4.57 Å². The van der Waals surface area contributed by atoms with Gasteiger partial charge in [-0.3, -0.25) is 19.2 Å². The summed E-state index contributed by atoms with van der Waals surface area (Å²) in [5.74, 6) is 0.786. The molecule has 0 atom stereocenters. The minimum absolute atomic E-state index is 0.402. The number of fused-ring (bicyclic) bond motifs is 1. The molecular formula is C16H25N5O2. The van der Waals surface area contributed by atoms with Crippen LogP contribution in [0.3, 0.4) is 0 Å². The first-order valence-corrected chi connectivity index (χ1v) is 8.05. The number of hydrogen-bond acceptors (Lipinski definition) is 4. The van der Waals surface area contributed by atoms with Gasteiger partial charge in [0.25, 0.3) is 5.56 Å². The van der Waals surface area contributed by atoms with Crippen molar-refractivity contribution in [1.29, 1.82) is 0 Å². The maximum atomic E-state index is 12.2. The number of nitrogens with zero attached hydrogens (tertiary/aromatic N) is 4. The minimum atomic E-state index is -0.448. The number of H-pyrrole nitrogens is 1. The van der Waals surface area contributed by atoms with E-state index in [2.05, 4.69) is 35.3 Å². The zero-order chi connectivity index (χ0) is 17.0. The van der Waals surface area contributed by atoms with E-state index in [1.54, 1.807) is 13.1 Å². The lowest BCUT2D eigenvalue weighted by Gasteiger charge is -2.20. The minimum Gasteiger partial charge on any atom is -0.317 e. The van der Waals surface area contributed by atoms with Crippen LogP contribution in [0.1, 0.15) is 32.5 Å². The van der Waals surface area contributed by atoms with Gasteiger partial charge in [0, 0.05) is 13.6 Å². The standard InChI is InChI=1S/C16H25N5O2/c1-5-8-20(9-6-2)11-12-17-14-13(21(12)10-7-3)15(22)18-16(23)19(14)4/h7H,3,5-6,8-11H2,1-2,4H3,(H,18,22,23). The van der Waals surface area contributed by atoms with E-state index in [4.69, 9.17) is 0 Å². The van der Waals surface area contributed by atoms with Crippen molar-refractivity contribution in [1.82, 2.24) is 24.0 Å². The smallest absolute Gasteiger partial charge is 0.317 e. The molecule has 0 aromatic carbocycles. The zero-order valence-corrected chi connectivity index (χ0v) is 14.1. The third-order valence-corrected chi connectivity index (χ3v) is 3.84. The lowest BCUT2D eigenvalue weighted by atomic mass is 10.3. The molecule has 0 unspecified atom stereocenters. The molecule has 126 valence electrons. The summed E-state index contributed by atoms with van der Waals surface area (Å²) in [7, 11) is 1.62.